The smallest absolute Gasteiger partial charge is 0.189 e. The van der Waals surface area contributed by atoms with Gasteiger partial charge in [0.15, 0.2) is 5.11 Å². The topological polar surface area (TPSA) is 43.8 Å². The largest absolute Gasteiger partial charge is 0.376 e. The zero-order chi connectivity index (χ0) is 12.8. The van der Waals surface area contributed by atoms with Crippen LogP contribution in [0.5, 0.6) is 0 Å². The summed E-state index contributed by atoms with van der Waals surface area (Å²) in [5, 5.41) is 4.62. The molecule has 92 valence electrons. The van der Waals surface area contributed by atoms with Gasteiger partial charge in [-0.25, -0.2) is 0 Å². The fraction of sp³-hybridized carbons (Fsp3) is 0.364. The highest BCUT2D eigenvalue weighted by Gasteiger charge is 2.02. The van der Waals surface area contributed by atoms with Crippen LogP contribution in [0.1, 0.15) is 5.69 Å². The molecule has 0 aliphatic carbocycles. The Morgan fingerprint density at radius 3 is 2.71 bits per heavy atom. The van der Waals surface area contributed by atoms with E-state index >= 15 is 0 Å². The van der Waals surface area contributed by atoms with Gasteiger partial charge >= 0.3 is 0 Å². The maximum absolute atomic E-state index is 5.05. The van der Waals surface area contributed by atoms with E-state index in [1.54, 1.807) is 17.3 Å². The summed E-state index contributed by atoms with van der Waals surface area (Å²) in [5.74, 6) is 0. The number of rotatable bonds is 3. The van der Waals surface area contributed by atoms with E-state index in [9.17, 15) is 0 Å². The van der Waals surface area contributed by atoms with E-state index in [0.29, 0.717) is 5.11 Å². The second-order valence-corrected chi connectivity index (χ2v) is 4.26. The first-order valence-electron chi connectivity index (χ1n) is 5.15. The molecule has 1 aromatic heterocycles. The lowest BCUT2D eigenvalue weighted by atomic mass is 10.3. The van der Waals surface area contributed by atoms with Crippen LogP contribution in [0.4, 0.5) is 5.69 Å². The van der Waals surface area contributed by atoms with Gasteiger partial charge in [0.25, 0.3) is 0 Å². The molecule has 0 amide bonds. The van der Waals surface area contributed by atoms with Gasteiger partial charge in [-0.1, -0.05) is 0 Å². The van der Waals surface area contributed by atoms with Crippen LogP contribution in [0.3, 0.4) is 0 Å². The van der Waals surface area contributed by atoms with Gasteiger partial charge in [0.1, 0.15) is 5.69 Å². The van der Waals surface area contributed by atoms with E-state index in [4.69, 9.17) is 12.2 Å². The number of aromatic nitrogens is 1. The Kier molecular flexibility index (Phi) is 4.84. The van der Waals surface area contributed by atoms with Gasteiger partial charge in [0.05, 0.1) is 11.9 Å². The van der Waals surface area contributed by atoms with Crippen LogP contribution in [0.2, 0.25) is 0 Å². The van der Waals surface area contributed by atoms with Crippen molar-refractivity contribution in [2.24, 2.45) is 5.10 Å². The number of nitrogens with zero attached hydrogens (tertiary/aromatic N) is 4. The first kappa shape index (κ1) is 13.4. The molecule has 1 N–H and O–H groups in total. The number of thiocarbonyl (C=S) groups is 1. The minimum atomic E-state index is 0.559. The lowest BCUT2D eigenvalue weighted by molar-refractivity contribution is 0.606. The Labute approximate surface area is 107 Å². The second-order valence-electron chi connectivity index (χ2n) is 3.87. The summed E-state index contributed by atoms with van der Waals surface area (Å²) in [5.41, 5.74) is 4.57. The molecule has 0 aliphatic heterocycles. The number of pyridine rings is 1. The summed E-state index contributed by atoms with van der Waals surface area (Å²) in [7, 11) is 7.65. The lowest BCUT2D eigenvalue weighted by Crippen LogP contribution is -2.30. The van der Waals surface area contributed by atoms with Crippen molar-refractivity contribution >= 4 is 29.2 Å². The Morgan fingerprint density at radius 1 is 1.41 bits per heavy atom. The van der Waals surface area contributed by atoms with Gasteiger partial charge in [0, 0.05) is 34.4 Å². The van der Waals surface area contributed by atoms with Gasteiger partial charge < -0.3 is 9.80 Å². The summed E-state index contributed by atoms with van der Waals surface area (Å²) >= 11 is 5.05. The molecule has 0 bridgehead atoms. The maximum atomic E-state index is 5.05. The fourth-order valence-corrected chi connectivity index (χ4v) is 1.19. The van der Waals surface area contributed by atoms with Crippen molar-refractivity contribution in [2.75, 3.05) is 33.1 Å². The van der Waals surface area contributed by atoms with Crippen molar-refractivity contribution in [3.63, 3.8) is 0 Å². The van der Waals surface area contributed by atoms with E-state index in [1.165, 1.54) is 0 Å². The van der Waals surface area contributed by atoms with Crippen LogP contribution in [0, 0.1) is 0 Å². The van der Waals surface area contributed by atoms with Crippen molar-refractivity contribution in [1.29, 1.82) is 0 Å². The first-order chi connectivity index (χ1) is 8.02. The van der Waals surface area contributed by atoms with Gasteiger partial charge in [-0.15, -0.1) is 0 Å². The third-order valence-electron chi connectivity index (χ3n) is 2.05. The van der Waals surface area contributed by atoms with Gasteiger partial charge in [-0.05, 0) is 24.4 Å². The summed E-state index contributed by atoms with van der Waals surface area (Å²) in [6.45, 7) is 0. The standard InChI is InChI=1S/C11H17N5S/c1-15(2)10-6-5-7-12-9(10)8-13-14-11(17)16(3)4/h5-8H,1-4H3,(H,14,17)/b13-8+. The summed E-state index contributed by atoms with van der Waals surface area (Å²) < 4.78 is 0. The molecule has 5 nitrogen and oxygen atoms in total. The molecule has 0 fully saturated rings. The van der Waals surface area contributed by atoms with Crippen molar-refractivity contribution in [1.82, 2.24) is 15.3 Å². The highest BCUT2D eigenvalue weighted by molar-refractivity contribution is 7.80. The second kappa shape index (κ2) is 6.15. The minimum absolute atomic E-state index is 0.559. The minimum Gasteiger partial charge on any atom is -0.376 e. The molecule has 0 spiro atoms. The van der Waals surface area contributed by atoms with Crippen molar-refractivity contribution < 1.29 is 0 Å². The Balaban J connectivity index is 2.75. The molecule has 0 saturated carbocycles. The fourth-order valence-electron chi connectivity index (χ4n) is 1.14. The molecule has 0 radical (unpaired) electrons. The van der Waals surface area contributed by atoms with Crippen molar-refractivity contribution in [3.8, 4) is 0 Å². The highest BCUT2D eigenvalue weighted by atomic mass is 32.1. The third kappa shape index (κ3) is 3.99. The molecule has 6 heteroatoms. The van der Waals surface area contributed by atoms with E-state index in [2.05, 4.69) is 15.5 Å². The summed E-state index contributed by atoms with van der Waals surface area (Å²) in [4.78, 5) is 8.01. The molecule has 1 aromatic rings. The Hall–Kier alpha value is -1.69. The molecule has 1 heterocycles. The Morgan fingerprint density at radius 2 is 2.12 bits per heavy atom. The van der Waals surface area contributed by atoms with Crippen LogP contribution in [0.25, 0.3) is 0 Å². The van der Waals surface area contributed by atoms with Crippen LogP contribution < -0.4 is 10.3 Å². The third-order valence-corrected chi connectivity index (χ3v) is 2.51. The number of hydrogen-bond donors (Lipinski definition) is 1. The number of hydrogen-bond acceptors (Lipinski definition) is 4. The maximum Gasteiger partial charge on any atom is 0.189 e. The molecule has 0 aliphatic rings. The van der Waals surface area contributed by atoms with Crippen LogP contribution >= 0.6 is 12.2 Å². The average molecular weight is 251 g/mol. The predicted octanol–water partition coefficient (Wildman–Crippen LogP) is 0.918. The molecule has 0 atom stereocenters. The van der Waals surface area contributed by atoms with E-state index in [-0.39, 0.29) is 0 Å². The van der Waals surface area contributed by atoms with Gasteiger partial charge in [0.2, 0.25) is 0 Å². The predicted molar refractivity (Wildman–Crippen MR) is 75.6 cm³/mol. The Bertz CT molecular complexity index is 414. The molecule has 0 unspecified atom stereocenters. The molecule has 0 saturated heterocycles. The molecule has 17 heavy (non-hydrogen) atoms. The average Bonchev–Trinajstić information content (AvgIpc) is 2.29. The van der Waals surface area contributed by atoms with Gasteiger partial charge in [-0.3, -0.25) is 10.4 Å². The quantitative estimate of drug-likeness (QED) is 0.491. The summed E-state index contributed by atoms with van der Waals surface area (Å²) in [6, 6.07) is 3.88. The normalized spacial score (nSPS) is 10.4. The molecular weight excluding hydrogens is 234 g/mol. The lowest BCUT2D eigenvalue weighted by Gasteiger charge is -2.14. The highest BCUT2D eigenvalue weighted by Crippen LogP contribution is 2.12. The van der Waals surface area contributed by atoms with E-state index in [0.717, 1.165) is 11.4 Å². The van der Waals surface area contributed by atoms with Crippen LogP contribution in [0.15, 0.2) is 23.4 Å². The molecular formula is C11H17N5S. The summed E-state index contributed by atoms with van der Waals surface area (Å²) in [6.07, 6.45) is 3.39. The van der Waals surface area contributed by atoms with Crippen molar-refractivity contribution in [3.05, 3.63) is 24.0 Å². The van der Waals surface area contributed by atoms with Crippen LogP contribution in [-0.2, 0) is 0 Å². The molecule has 1 rings (SSSR count). The first-order valence-corrected chi connectivity index (χ1v) is 5.56. The number of anilines is 1. The van der Waals surface area contributed by atoms with Crippen molar-refractivity contribution in [2.45, 2.75) is 0 Å². The molecule has 0 aromatic carbocycles. The number of hydrazone groups is 1. The zero-order valence-electron chi connectivity index (χ0n) is 10.5. The monoisotopic (exact) mass is 251 g/mol. The SMILES string of the molecule is CN(C)C(=S)N/N=C/c1ncccc1N(C)C. The number of nitrogens with one attached hydrogen (secondary N) is 1. The van der Waals surface area contributed by atoms with E-state index < -0.39 is 0 Å². The van der Waals surface area contributed by atoms with E-state index in [1.807, 2.05) is 45.2 Å². The van der Waals surface area contributed by atoms with Crippen LogP contribution in [-0.4, -0.2) is 49.4 Å². The zero-order valence-corrected chi connectivity index (χ0v) is 11.3. The van der Waals surface area contributed by atoms with Gasteiger partial charge in [-0.2, -0.15) is 5.10 Å².